The summed E-state index contributed by atoms with van der Waals surface area (Å²) in [6, 6.07) is 0. The number of phenols is 1. The zero-order valence-electron chi connectivity index (χ0n) is 16.2. The first-order valence-corrected chi connectivity index (χ1v) is 8.94. The van der Waals surface area contributed by atoms with Crippen LogP contribution in [0.5, 0.6) is 5.75 Å². The molecule has 0 radical (unpaired) electrons. The maximum atomic E-state index is 12.9. The number of H-pyrrole nitrogens is 1. The number of halogens is 1. The number of aromatic nitrogens is 2. The van der Waals surface area contributed by atoms with Crippen LogP contribution >= 0.6 is 11.6 Å². The first kappa shape index (κ1) is 18.5. The first-order valence-electron chi connectivity index (χ1n) is 8.56. The third-order valence-electron chi connectivity index (χ3n) is 5.76. The molecule has 4 nitrogen and oxygen atoms in total. The van der Waals surface area contributed by atoms with Crippen LogP contribution in [0.15, 0.2) is 4.79 Å². The maximum Gasteiger partial charge on any atom is 0.259 e. The van der Waals surface area contributed by atoms with Gasteiger partial charge in [0.1, 0.15) is 11.6 Å². The van der Waals surface area contributed by atoms with Gasteiger partial charge in [-0.25, -0.2) is 4.98 Å². The highest BCUT2D eigenvalue weighted by Crippen LogP contribution is 2.40. The molecular formula is C21H23ClN2O2. The number of hydrogen-bond donors (Lipinski definition) is 2. The fraction of sp³-hybridized carbons (Fsp3) is 0.333. The van der Waals surface area contributed by atoms with E-state index in [0.29, 0.717) is 38.4 Å². The molecule has 0 unspecified atom stereocenters. The van der Waals surface area contributed by atoms with Crippen LogP contribution in [0.2, 0.25) is 5.02 Å². The van der Waals surface area contributed by atoms with Crippen LogP contribution in [-0.2, 0) is 0 Å². The predicted octanol–water partition coefficient (Wildman–Crippen LogP) is 5.11. The number of aromatic hydroxyl groups is 1. The van der Waals surface area contributed by atoms with Gasteiger partial charge in [0, 0.05) is 5.02 Å². The SMILES string of the molecule is Cc1c(C)c(Cl)c(C)c(-c2nc3c(C)c(C)c(C)c(C)c3c(=O)[nH]2)c1O. The molecule has 2 aromatic carbocycles. The van der Waals surface area contributed by atoms with Gasteiger partial charge < -0.3 is 10.1 Å². The number of fused-ring (bicyclic) bond motifs is 1. The highest BCUT2D eigenvalue weighted by molar-refractivity contribution is 6.32. The van der Waals surface area contributed by atoms with Crippen molar-refractivity contribution in [3.05, 3.63) is 54.3 Å². The van der Waals surface area contributed by atoms with E-state index in [-0.39, 0.29) is 11.3 Å². The Balaban J connectivity index is 2.49. The smallest absolute Gasteiger partial charge is 0.259 e. The number of nitrogens with zero attached hydrogens (tertiary/aromatic N) is 1. The lowest BCUT2D eigenvalue weighted by Crippen LogP contribution is -2.14. The predicted molar refractivity (Wildman–Crippen MR) is 108 cm³/mol. The Morgan fingerprint density at radius 2 is 1.38 bits per heavy atom. The molecule has 0 spiro atoms. The van der Waals surface area contributed by atoms with Crippen molar-refractivity contribution in [1.82, 2.24) is 9.97 Å². The number of aryl methyl sites for hydroxylation is 2. The van der Waals surface area contributed by atoms with Crippen molar-refractivity contribution in [2.24, 2.45) is 0 Å². The number of benzene rings is 2. The van der Waals surface area contributed by atoms with E-state index in [1.54, 1.807) is 0 Å². The molecule has 26 heavy (non-hydrogen) atoms. The summed E-state index contributed by atoms with van der Waals surface area (Å²) in [5, 5.41) is 11.9. The van der Waals surface area contributed by atoms with Gasteiger partial charge in [-0.05, 0) is 87.4 Å². The van der Waals surface area contributed by atoms with Gasteiger partial charge in [0.05, 0.1) is 16.5 Å². The van der Waals surface area contributed by atoms with E-state index in [2.05, 4.69) is 4.98 Å². The molecule has 136 valence electrons. The summed E-state index contributed by atoms with van der Waals surface area (Å²) in [5.74, 6) is 0.443. The second-order valence-electron chi connectivity index (χ2n) is 7.05. The van der Waals surface area contributed by atoms with Crippen molar-refractivity contribution in [3.8, 4) is 17.1 Å². The third kappa shape index (κ3) is 2.43. The second kappa shape index (κ2) is 6.13. The summed E-state index contributed by atoms with van der Waals surface area (Å²) >= 11 is 6.44. The van der Waals surface area contributed by atoms with Crippen LogP contribution in [-0.4, -0.2) is 15.1 Å². The lowest BCUT2D eigenvalue weighted by atomic mass is 9.94. The first-order chi connectivity index (χ1) is 12.1. The van der Waals surface area contributed by atoms with Gasteiger partial charge in [-0.2, -0.15) is 0 Å². The summed E-state index contributed by atoms with van der Waals surface area (Å²) in [6.07, 6.45) is 0. The quantitative estimate of drug-likeness (QED) is 0.625. The monoisotopic (exact) mass is 370 g/mol. The van der Waals surface area contributed by atoms with Crippen molar-refractivity contribution in [2.75, 3.05) is 0 Å². The third-order valence-corrected chi connectivity index (χ3v) is 6.33. The van der Waals surface area contributed by atoms with Crippen LogP contribution in [0.25, 0.3) is 22.3 Å². The summed E-state index contributed by atoms with van der Waals surface area (Å²) in [4.78, 5) is 20.4. The summed E-state index contributed by atoms with van der Waals surface area (Å²) in [6.45, 7) is 13.5. The molecule has 0 bridgehead atoms. The molecular weight excluding hydrogens is 348 g/mol. The minimum absolute atomic E-state index is 0.102. The van der Waals surface area contributed by atoms with Gasteiger partial charge in [0.25, 0.3) is 5.56 Å². The lowest BCUT2D eigenvalue weighted by Gasteiger charge is -2.17. The molecule has 1 aromatic heterocycles. The Morgan fingerprint density at radius 1 is 0.808 bits per heavy atom. The average Bonchev–Trinajstić information content (AvgIpc) is 2.61. The number of aromatic amines is 1. The number of phenolic OH excluding ortho intramolecular Hbond substituents is 1. The molecule has 2 N–H and O–H groups in total. The molecule has 0 fully saturated rings. The van der Waals surface area contributed by atoms with Crippen molar-refractivity contribution in [3.63, 3.8) is 0 Å². The number of hydrogen-bond acceptors (Lipinski definition) is 3. The van der Waals surface area contributed by atoms with Gasteiger partial charge in [0.15, 0.2) is 0 Å². The highest BCUT2D eigenvalue weighted by Gasteiger charge is 2.21. The van der Waals surface area contributed by atoms with Crippen LogP contribution < -0.4 is 5.56 Å². The van der Waals surface area contributed by atoms with Crippen molar-refractivity contribution < 1.29 is 5.11 Å². The summed E-state index contributed by atoms with van der Waals surface area (Å²) in [5.41, 5.74) is 7.28. The van der Waals surface area contributed by atoms with Crippen LogP contribution in [0, 0.1) is 48.5 Å². The van der Waals surface area contributed by atoms with Crippen LogP contribution in [0.1, 0.15) is 38.9 Å². The molecule has 0 atom stereocenters. The number of nitrogens with one attached hydrogen (secondary N) is 1. The van der Waals surface area contributed by atoms with Crippen molar-refractivity contribution >= 4 is 22.5 Å². The standard InChI is InChI=1S/C21H23ClN2O2/c1-8-9(2)12(5)18-15(10(8)3)21(26)24-20(23-18)16-14(7)17(22)11(4)13(6)19(16)25/h25H,1-7H3,(H,23,24,26). The Bertz CT molecular complexity index is 1110. The summed E-state index contributed by atoms with van der Waals surface area (Å²) < 4.78 is 0. The molecule has 0 aliphatic rings. The minimum Gasteiger partial charge on any atom is -0.507 e. The molecule has 0 aliphatic carbocycles. The second-order valence-corrected chi connectivity index (χ2v) is 7.43. The van der Waals surface area contributed by atoms with Gasteiger partial charge >= 0.3 is 0 Å². The van der Waals surface area contributed by atoms with E-state index < -0.39 is 0 Å². The number of rotatable bonds is 1. The minimum atomic E-state index is -0.207. The van der Waals surface area contributed by atoms with Gasteiger partial charge in [0.2, 0.25) is 0 Å². The zero-order chi connectivity index (χ0) is 19.5. The molecule has 3 aromatic rings. The molecule has 5 heteroatoms. The maximum absolute atomic E-state index is 12.9. The molecule has 0 amide bonds. The molecule has 3 rings (SSSR count). The van der Waals surface area contributed by atoms with Crippen molar-refractivity contribution in [1.29, 1.82) is 0 Å². The van der Waals surface area contributed by atoms with Gasteiger partial charge in [-0.1, -0.05) is 11.6 Å². The van der Waals surface area contributed by atoms with E-state index in [1.807, 2.05) is 48.5 Å². The topological polar surface area (TPSA) is 66.0 Å². The fourth-order valence-corrected chi connectivity index (χ4v) is 3.76. The summed E-state index contributed by atoms with van der Waals surface area (Å²) in [7, 11) is 0. The highest BCUT2D eigenvalue weighted by atomic mass is 35.5. The Morgan fingerprint density at radius 3 is 2.00 bits per heavy atom. The molecule has 1 heterocycles. The van der Waals surface area contributed by atoms with Crippen LogP contribution in [0.3, 0.4) is 0 Å². The van der Waals surface area contributed by atoms with Crippen LogP contribution in [0.4, 0.5) is 0 Å². The molecule has 0 saturated carbocycles. The van der Waals surface area contributed by atoms with Crippen molar-refractivity contribution in [2.45, 2.75) is 48.5 Å². The zero-order valence-corrected chi connectivity index (χ0v) is 16.9. The van der Waals surface area contributed by atoms with E-state index in [0.717, 1.165) is 27.8 Å². The van der Waals surface area contributed by atoms with E-state index in [1.165, 1.54) is 0 Å². The van der Waals surface area contributed by atoms with Gasteiger partial charge in [-0.15, -0.1) is 0 Å². The normalized spacial score (nSPS) is 11.4. The molecule has 0 saturated heterocycles. The largest absolute Gasteiger partial charge is 0.507 e. The van der Waals surface area contributed by atoms with Gasteiger partial charge in [-0.3, -0.25) is 4.79 Å². The van der Waals surface area contributed by atoms with E-state index in [9.17, 15) is 9.90 Å². The fourth-order valence-electron chi connectivity index (χ4n) is 3.53. The molecule has 0 aliphatic heterocycles. The lowest BCUT2D eigenvalue weighted by molar-refractivity contribution is 0.471. The van der Waals surface area contributed by atoms with E-state index in [4.69, 9.17) is 16.6 Å². The van der Waals surface area contributed by atoms with E-state index >= 15 is 0 Å². The Labute approximate surface area is 157 Å². The Hall–Kier alpha value is -2.33. The average molecular weight is 371 g/mol. The Kier molecular flexibility index (Phi) is 4.35.